The van der Waals surface area contributed by atoms with Gasteiger partial charge in [-0.2, -0.15) is 5.10 Å². The molecule has 0 aliphatic carbocycles. The first kappa shape index (κ1) is 8.00. The molecule has 1 aliphatic rings. The molecule has 1 unspecified atom stereocenters. The van der Waals surface area contributed by atoms with Crippen molar-refractivity contribution in [2.75, 3.05) is 7.11 Å². The summed E-state index contributed by atoms with van der Waals surface area (Å²) in [6.45, 7) is 1.91. The maximum absolute atomic E-state index is 10.6. The summed E-state index contributed by atoms with van der Waals surface area (Å²) in [5.74, 6) is 0. The van der Waals surface area contributed by atoms with Crippen LogP contribution in [0.3, 0.4) is 0 Å². The number of carbonyl (C=O) groups excluding carboxylic acids is 1. The van der Waals surface area contributed by atoms with Crippen molar-refractivity contribution in [3.05, 3.63) is 0 Å². The first-order valence-corrected chi connectivity index (χ1v) is 3.33. The molecule has 0 saturated carbocycles. The van der Waals surface area contributed by atoms with Crippen molar-refractivity contribution >= 4 is 11.8 Å². The summed E-state index contributed by atoms with van der Waals surface area (Å²) < 4.78 is 9.59. The molecule has 0 aromatic carbocycles. The van der Waals surface area contributed by atoms with Crippen molar-refractivity contribution in [3.8, 4) is 0 Å². The lowest BCUT2D eigenvalue weighted by atomic mass is 10.3. The Morgan fingerprint density at radius 1 is 1.82 bits per heavy atom. The van der Waals surface area contributed by atoms with E-state index >= 15 is 0 Å². The van der Waals surface area contributed by atoms with E-state index in [0.29, 0.717) is 12.1 Å². The lowest BCUT2D eigenvalue weighted by Gasteiger charge is -2.20. The van der Waals surface area contributed by atoms with Crippen LogP contribution in [0.5, 0.6) is 0 Å². The zero-order valence-electron chi connectivity index (χ0n) is 6.46. The Morgan fingerprint density at radius 2 is 2.55 bits per heavy atom. The van der Waals surface area contributed by atoms with Gasteiger partial charge in [0.1, 0.15) is 5.71 Å². The van der Waals surface area contributed by atoms with E-state index in [1.165, 1.54) is 7.11 Å². The highest BCUT2D eigenvalue weighted by Crippen LogP contribution is 2.04. The largest absolute Gasteiger partial charge is 0.430 e. The van der Waals surface area contributed by atoms with Crippen LogP contribution in [0.1, 0.15) is 13.3 Å². The molecular weight excluding hydrogens is 148 g/mol. The van der Waals surface area contributed by atoms with Crippen LogP contribution >= 0.6 is 0 Å². The van der Waals surface area contributed by atoms with E-state index in [0.717, 1.165) is 0 Å². The predicted molar refractivity (Wildman–Crippen MR) is 38.1 cm³/mol. The third-order valence-electron chi connectivity index (χ3n) is 1.35. The van der Waals surface area contributed by atoms with Crippen molar-refractivity contribution in [1.82, 2.24) is 5.43 Å². The van der Waals surface area contributed by atoms with Gasteiger partial charge in [-0.1, -0.05) is 6.92 Å². The van der Waals surface area contributed by atoms with Crippen LogP contribution < -0.4 is 5.43 Å². The number of hydrogen-bond donors (Lipinski definition) is 1. The number of carbonyl (C=O) groups is 1. The lowest BCUT2D eigenvalue weighted by Crippen LogP contribution is -2.39. The SMILES string of the molecule is CCC1=NNC(=O)OC1OC. The zero-order chi connectivity index (χ0) is 8.27. The van der Waals surface area contributed by atoms with Gasteiger partial charge in [0.25, 0.3) is 0 Å². The number of rotatable bonds is 2. The van der Waals surface area contributed by atoms with Crippen LogP contribution in [0.15, 0.2) is 5.10 Å². The fourth-order valence-corrected chi connectivity index (χ4v) is 0.792. The Bertz CT molecular complexity index is 190. The predicted octanol–water partition coefficient (Wildman–Crippen LogP) is 0.465. The third-order valence-corrected chi connectivity index (χ3v) is 1.35. The number of methoxy groups -OCH3 is 1. The van der Waals surface area contributed by atoms with Gasteiger partial charge in [0.15, 0.2) is 0 Å². The molecule has 1 heterocycles. The van der Waals surface area contributed by atoms with Crippen LogP contribution in [-0.4, -0.2) is 25.2 Å². The van der Waals surface area contributed by atoms with Crippen LogP contribution in [0, 0.1) is 0 Å². The number of amides is 1. The summed E-state index contributed by atoms with van der Waals surface area (Å²) in [6, 6.07) is 0. The fraction of sp³-hybridized carbons (Fsp3) is 0.667. The van der Waals surface area contributed by atoms with E-state index in [1.54, 1.807) is 0 Å². The van der Waals surface area contributed by atoms with E-state index in [-0.39, 0.29) is 0 Å². The number of cyclic esters (lactones) is 1. The standard InChI is InChI=1S/C6H10N2O3/c1-3-4-5(10-2)11-6(9)8-7-4/h5H,3H2,1-2H3,(H,8,9). The number of hydrogen-bond acceptors (Lipinski definition) is 4. The second kappa shape index (κ2) is 3.34. The molecule has 1 atom stereocenters. The maximum atomic E-state index is 10.6. The monoisotopic (exact) mass is 158 g/mol. The highest BCUT2D eigenvalue weighted by Gasteiger charge is 2.23. The molecule has 1 amide bonds. The number of ether oxygens (including phenoxy) is 2. The Balaban J connectivity index is 2.67. The maximum Gasteiger partial charge on any atom is 0.430 e. The molecule has 0 fully saturated rings. The Labute approximate surface area is 64.4 Å². The molecule has 0 aromatic rings. The second-order valence-electron chi connectivity index (χ2n) is 2.04. The summed E-state index contributed by atoms with van der Waals surface area (Å²) in [7, 11) is 1.47. The van der Waals surface area contributed by atoms with E-state index in [4.69, 9.17) is 9.47 Å². The van der Waals surface area contributed by atoms with Crippen molar-refractivity contribution < 1.29 is 14.3 Å². The van der Waals surface area contributed by atoms with E-state index in [9.17, 15) is 4.79 Å². The van der Waals surface area contributed by atoms with Gasteiger partial charge in [0.2, 0.25) is 6.29 Å². The number of nitrogens with zero attached hydrogens (tertiary/aromatic N) is 1. The average molecular weight is 158 g/mol. The summed E-state index contributed by atoms with van der Waals surface area (Å²) in [5, 5.41) is 3.75. The molecule has 1 aliphatic heterocycles. The highest BCUT2D eigenvalue weighted by molar-refractivity contribution is 5.91. The molecule has 0 aromatic heterocycles. The minimum absolute atomic E-state index is 0.575. The molecule has 0 bridgehead atoms. The zero-order valence-corrected chi connectivity index (χ0v) is 6.46. The lowest BCUT2D eigenvalue weighted by molar-refractivity contribution is -0.0397. The molecular formula is C6H10N2O3. The van der Waals surface area contributed by atoms with E-state index in [2.05, 4.69) is 10.5 Å². The molecule has 62 valence electrons. The molecule has 1 rings (SSSR count). The van der Waals surface area contributed by atoms with E-state index < -0.39 is 12.4 Å². The normalized spacial score (nSPS) is 23.6. The van der Waals surface area contributed by atoms with Crippen LogP contribution in [0.25, 0.3) is 0 Å². The molecule has 5 nitrogen and oxygen atoms in total. The second-order valence-corrected chi connectivity index (χ2v) is 2.04. The summed E-state index contributed by atoms with van der Waals surface area (Å²) in [6.07, 6.45) is -0.499. The van der Waals surface area contributed by atoms with Crippen molar-refractivity contribution in [2.24, 2.45) is 5.10 Å². The first-order chi connectivity index (χ1) is 5.27. The van der Waals surface area contributed by atoms with Crippen LogP contribution in [0.2, 0.25) is 0 Å². The van der Waals surface area contributed by atoms with Gasteiger partial charge in [-0.05, 0) is 6.42 Å². The molecule has 0 saturated heterocycles. The van der Waals surface area contributed by atoms with Gasteiger partial charge in [-0.15, -0.1) is 0 Å². The van der Waals surface area contributed by atoms with Gasteiger partial charge in [-0.25, -0.2) is 10.2 Å². The highest BCUT2D eigenvalue weighted by atomic mass is 16.7. The Kier molecular flexibility index (Phi) is 2.43. The molecule has 5 heteroatoms. The van der Waals surface area contributed by atoms with Gasteiger partial charge in [0, 0.05) is 7.11 Å². The Morgan fingerprint density at radius 3 is 3.09 bits per heavy atom. The fourth-order valence-electron chi connectivity index (χ4n) is 0.792. The minimum atomic E-state index is -0.617. The molecule has 11 heavy (non-hydrogen) atoms. The molecule has 0 spiro atoms. The van der Waals surface area contributed by atoms with Gasteiger partial charge in [0.05, 0.1) is 0 Å². The first-order valence-electron chi connectivity index (χ1n) is 3.33. The van der Waals surface area contributed by atoms with Crippen molar-refractivity contribution in [3.63, 3.8) is 0 Å². The topological polar surface area (TPSA) is 59.9 Å². The number of nitrogens with one attached hydrogen (secondary N) is 1. The minimum Gasteiger partial charge on any atom is -0.412 e. The average Bonchev–Trinajstić information content (AvgIpc) is 2.04. The van der Waals surface area contributed by atoms with Gasteiger partial charge >= 0.3 is 6.09 Å². The molecule has 1 N–H and O–H groups in total. The van der Waals surface area contributed by atoms with Crippen molar-refractivity contribution in [1.29, 1.82) is 0 Å². The van der Waals surface area contributed by atoms with E-state index in [1.807, 2.05) is 6.92 Å². The Hall–Kier alpha value is -1.10. The van der Waals surface area contributed by atoms with Crippen molar-refractivity contribution in [2.45, 2.75) is 19.6 Å². The summed E-state index contributed by atoms with van der Waals surface area (Å²) in [4.78, 5) is 10.6. The van der Waals surface area contributed by atoms with Crippen LogP contribution in [0.4, 0.5) is 4.79 Å². The summed E-state index contributed by atoms with van der Waals surface area (Å²) in [5.41, 5.74) is 2.88. The third kappa shape index (κ3) is 1.68. The van der Waals surface area contributed by atoms with Crippen LogP contribution in [-0.2, 0) is 9.47 Å². The van der Waals surface area contributed by atoms with Gasteiger partial charge in [-0.3, -0.25) is 0 Å². The number of hydrazone groups is 1. The summed E-state index contributed by atoms with van der Waals surface area (Å²) >= 11 is 0. The quantitative estimate of drug-likeness (QED) is 0.635. The smallest absolute Gasteiger partial charge is 0.412 e. The van der Waals surface area contributed by atoms with Gasteiger partial charge < -0.3 is 9.47 Å². The molecule has 0 radical (unpaired) electrons.